The predicted molar refractivity (Wildman–Crippen MR) is 44.7 cm³/mol. The topological polar surface area (TPSA) is 41.6 Å². The van der Waals surface area contributed by atoms with E-state index in [9.17, 15) is 8.78 Å². The first-order valence-electron chi connectivity index (χ1n) is 4.32. The number of aromatic nitrogens is 2. The Balaban J connectivity index is 2.48. The van der Waals surface area contributed by atoms with Crippen LogP contribution in [0.25, 0.3) is 0 Å². The molecular weight excluding hydrogens is 188 g/mol. The van der Waals surface area contributed by atoms with Crippen molar-refractivity contribution >= 4 is 0 Å². The molecule has 2 rings (SSSR count). The van der Waals surface area contributed by atoms with Crippen molar-refractivity contribution in [3.05, 3.63) is 17.5 Å². The molecular formula is C9H9F2N3. The number of aryl methyl sites for hydroxylation is 1. The minimum Gasteiger partial charge on any atom is -0.275 e. The van der Waals surface area contributed by atoms with Gasteiger partial charge in [0.15, 0.2) is 0 Å². The van der Waals surface area contributed by atoms with E-state index in [1.165, 1.54) is 10.9 Å². The second-order valence-corrected chi connectivity index (χ2v) is 3.60. The number of halogens is 2. The van der Waals surface area contributed by atoms with Crippen molar-refractivity contribution in [3.63, 3.8) is 0 Å². The summed E-state index contributed by atoms with van der Waals surface area (Å²) >= 11 is 0. The molecule has 0 aromatic carbocycles. The summed E-state index contributed by atoms with van der Waals surface area (Å²) in [4.78, 5) is 0. The third-order valence-corrected chi connectivity index (χ3v) is 2.54. The van der Waals surface area contributed by atoms with Crippen molar-refractivity contribution in [3.8, 4) is 6.07 Å². The molecule has 0 aliphatic heterocycles. The van der Waals surface area contributed by atoms with Gasteiger partial charge < -0.3 is 0 Å². The Hall–Kier alpha value is -1.44. The van der Waals surface area contributed by atoms with Crippen LogP contribution >= 0.6 is 0 Å². The standard InChI is InChI=1S/C9H9F2N3/c1-14-4-6(7(13-14)8(10)11)9(5-12)2-3-9/h4,8H,2-3H2,1H3. The largest absolute Gasteiger partial charge is 0.282 e. The smallest absolute Gasteiger partial charge is 0.275 e. The van der Waals surface area contributed by atoms with Gasteiger partial charge in [-0.15, -0.1) is 0 Å². The Morgan fingerprint density at radius 3 is 2.71 bits per heavy atom. The van der Waals surface area contributed by atoms with E-state index in [2.05, 4.69) is 11.2 Å². The minimum atomic E-state index is -2.60. The number of alkyl halides is 2. The van der Waals surface area contributed by atoms with Crippen LogP contribution in [0, 0.1) is 11.3 Å². The first-order valence-corrected chi connectivity index (χ1v) is 4.32. The van der Waals surface area contributed by atoms with Gasteiger partial charge in [0.2, 0.25) is 0 Å². The number of nitriles is 1. The molecule has 1 aromatic heterocycles. The van der Waals surface area contributed by atoms with E-state index in [0.29, 0.717) is 18.4 Å². The lowest BCUT2D eigenvalue weighted by molar-refractivity contribution is 0.143. The lowest BCUT2D eigenvalue weighted by Crippen LogP contribution is -2.05. The quantitative estimate of drug-likeness (QED) is 0.726. The fourth-order valence-corrected chi connectivity index (χ4v) is 1.60. The van der Waals surface area contributed by atoms with E-state index in [4.69, 9.17) is 5.26 Å². The zero-order valence-electron chi connectivity index (χ0n) is 7.67. The summed E-state index contributed by atoms with van der Waals surface area (Å²) in [7, 11) is 1.59. The van der Waals surface area contributed by atoms with Gasteiger partial charge in [-0.05, 0) is 12.8 Å². The van der Waals surface area contributed by atoms with Gasteiger partial charge in [0.1, 0.15) is 5.69 Å². The Bertz CT molecular complexity index is 399. The van der Waals surface area contributed by atoms with Crippen LogP contribution in [0.3, 0.4) is 0 Å². The fraction of sp³-hybridized carbons (Fsp3) is 0.556. The highest BCUT2D eigenvalue weighted by Gasteiger charge is 2.48. The molecule has 1 aromatic rings. The molecule has 0 amide bonds. The van der Waals surface area contributed by atoms with Gasteiger partial charge >= 0.3 is 0 Å². The van der Waals surface area contributed by atoms with Crippen LogP contribution in [0.2, 0.25) is 0 Å². The van der Waals surface area contributed by atoms with Crippen LogP contribution in [-0.2, 0) is 12.5 Å². The minimum absolute atomic E-state index is 0.244. The van der Waals surface area contributed by atoms with Gasteiger partial charge in [0.05, 0.1) is 11.5 Å². The number of hydrogen-bond donors (Lipinski definition) is 0. The zero-order chi connectivity index (χ0) is 10.3. The summed E-state index contributed by atoms with van der Waals surface area (Å²) in [5, 5.41) is 12.6. The van der Waals surface area contributed by atoms with Crippen molar-refractivity contribution in [1.82, 2.24) is 9.78 Å². The second kappa shape index (κ2) is 2.77. The molecule has 0 radical (unpaired) electrons. The summed E-state index contributed by atoms with van der Waals surface area (Å²) in [6.07, 6.45) is 0.249. The van der Waals surface area contributed by atoms with Gasteiger partial charge in [-0.3, -0.25) is 4.68 Å². The summed E-state index contributed by atoms with van der Waals surface area (Å²) in [6.45, 7) is 0. The third-order valence-electron chi connectivity index (χ3n) is 2.54. The van der Waals surface area contributed by atoms with Gasteiger partial charge in [-0.1, -0.05) is 0 Å². The molecule has 1 saturated carbocycles. The van der Waals surface area contributed by atoms with Crippen molar-refractivity contribution in [1.29, 1.82) is 5.26 Å². The van der Waals surface area contributed by atoms with E-state index >= 15 is 0 Å². The molecule has 1 aliphatic carbocycles. The average Bonchev–Trinajstić information content (AvgIpc) is 2.84. The van der Waals surface area contributed by atoms with Gasteiger partial charge in [-0.2, -0.15) is 10.4 Å². The molecule has 0 N–H and O–H groups in total. The molecule has 0 saturated heterocycles. The first-order chi connectivity index (χ1) is 6.59. The maximum Gasteiger partial charge on any atom is 0.282 e. The third kappa shape index (κ3) is 1.18. The Labute approximate surface area is 79.9 Å². The summed E-state index contributed by atoms with van der Waals surface area (Å²) < 4.78 is 26.4. The summed E-state index contributed by atoms with van der Waals surface area (Å²) in [6, 6.07) is 2.09. The Morgan fingerprint density at radius 2 is 2.29 bits per heavy atom. The van der Waals surface area contributed by atoms with E-state index < -0.39 is 11.8 Å². The Kier molecular flexibility index (Phi) is 1.81. The van der Waals surface area contributed by atoms with Gasteiger partial charge in [0, 0.05) is 18.8 Å². The maximum atomic E-state index is 12.6. The SMILES string of the molecule is Cn1cc(C2(C#N)CC2)c(C(F)F)n1. The molecule has 1 fully saturated rings. The van der Waals surface area contributed by atoms with Gasteiger partial charge in [-0.25, -0.2) is 8.78 Å². The van der Waals surface area contributed by atoms with Crippen molar-refractivity contribution in [2.45, 2.75) is 24.7 Å². The Morgan fingerprint density at radius 1 is 1.64 bits per heavy atom. The molecule has 74 valence electrons. The molecule has 5 heteroatoms. The fourth-order valence-electron chi connectivity index (χ4n) is 1.60. The number of nitrogens with zero attached hydrogens (tertiary/aromatic N) is 3. The number of rotatable bonds is 2. The molecule has 14 heavy (non-hydrogen) atoms. The normalized spacial score (nSPS) is 18.2. The maximum absolute atomic E-state index is 12.6. The van der Waals surface area contributed by atoms with Crippen LogP contribution in [0.15, 0.2) is 6.20 Å². The molecule has 0 atom stereocenters. The van der Waals surface area contributed by atoms with Crippen LogP contribution in [0.1, 0.15) is 30.5 Å². The van der Waals surface area contributed by atoms with E-state index in [1.54, 1.807) is 7.05 Å². The monoisotopic (exact) mass is 197 g/mol. The van der Waals surface area contributed by atoms with Crippen molar-refractivity contribution in [2.24, 2.45) is 7.05 Å². The molecule has 0 spiro atoms. The molecule has 0 bridgehead atoms. The lowest BCUT2D eigenvalue weighted by atomic mass is 9.98. The van der Waals surface area contributed by atoms with Crippen LogP contribution in [0.5, 0.6) is 0 Å². The van der Waals surface area contributed by atoms with Crippen LogP contribution in [0.4, 0.5) is 8.78 Å². The summed E-state index contributed by atoms with van der Waals surface area (Å²) in [5.41, 5.74) is -0.524. The van der Waals surface area contributed by atoms with Crippen molar-refractivity contribution in [2.75, 3.05) is 0 Å². The van der Waals surface area contributed by atoms with E-state index in [1.807, 2.05) is 0 Å². The highest BCUT2D eigenvalue weighted by Crippen LogP contribution is 2.49. The highest BCUT2D eigenvalue weighted by molar-refractivity contribution is 5.40. The zero-order valence-corrected chi connectivity index (χ0v) is 7.67. The van der Waals surface area contributed by atoms with E-state index in [-0.39, 0.29) is 5.69 Å². The lowest BCUT2D eigenvalue weighted by Gasteiger charge is -2.04. The van der Waals surface area contributed by atoms with Crippen LogP contribution < -0.4 is 0 Å². The highest BCUT2D eigenvalue weighted by atomic mass is 19.3. The first kappa shape index (κ1) is 9.13. The van der Waals surface area contributed by atoms with Gasteiger partial charge in [0.25, 0.3) is 6.43 Å². The van der Waals surface area contributed by atoms with Crippen LogP contribution in [-0.4, -0.2) is 9.78 Å². The molecule has 0 unspecified atom stereocenters. The summed E-state index contributed by atoms with van der Waals surface area (Å²) in [5.74, 6) is 0. The predicted octanol–water partition coefficient (Wildman–Crippen LogP) is 1.91. The second-order valence-electron chi connectivity index (χ2n) is 3.60. The van der Waals surface area contributed by atoms with Crippen molar-refractivity contribution < 1.29 is 8.78 Å². The van der Waals surface area contributed by atoms with E-state index in [0.717, 1.165) is 0 Å². The number of hydrogen-bond acceptors (Lipinski definition) is 2. The molecule has 3 nitrogen and oxygen atoms in total. The molecule has 1 aliphatic rings. The average molecular weight is 197 g/mol. The molecule has 1 heterocycles.